The van der Waals surface area contributed by atoms with E-state index < -0.39 is 0 Å². The zero-order chi connectivity index (χ0) is 12.8. The second kappa shape index (κ2) is 6.49. The highest BCUT2D eigenvalue weighted by Crippen LogP contribution is 2.15. The molecule has 2 heterocycles. The van der Waals surface area contributed by atoms with E-state index >= 15 is 0 Å². The summed E-state index contributed by atoms with van der Waals surface area (Å²) in [7, 11) is 0. The molecule has 0 saturated carbocycles. The average Bonchev–Trinajstić information content (AvgIpc) is 2.76. The maximum atomic E-state index is 11.7. The van der Waals surface area contributed by atoms with Gasteiger partial charge in [-0.1, -0.05) is 5.16 Å². The van der Waals surface area contributed by atoms with E-state index in [-0.39, 0.29) is 5.91 Å². The summed E-state index contributed by atoms with van der Waals surface area (Å²) in [4.78, 5) is 15.8. The molecule has 0 aromatic carbocycles. The molecule has 2 rings (SSSR count). The molecule has 1 fully saturated rings. The van der Waals surface area contributed by atoms with Crippen LogP contribution < -0.4 is 10.6 Å². The predicted molar refractivity (Wildman–Crippen MR) is 66.0 cm³/mol. The van der Waals surface area contributed by atoms with Crippen LogP contribution in [0, 0.1) is 12.8 Å². The molecule has 2 N–H and O–H groups in total. The van der Waals surface area contributed by atoms with Crippen molar-refractivity contribution in [3.63, 3.8) is 0 Å². The van der Waals surface area contributed by atoms with Crippen molar-refractivity contribution in [3.05, 3.63) is 11.7 Å². The van der Waals surface area contributed by atoms with Crippen molar-refractivity contribution in [2.45, 2.75) is 32.6 Å². The molecular formula is C12H20N4O2. The SMILES string of the molecule is Cc1noc(CCNC(=O)CC2CCNCC2)n1. The lowest BCUT2D eigenvalue weighted by Crippen LogP contribution is -2.33. The van der Waals surface area contributed by atoms with Crippen molar-refractivity contribution in [1.29, 1.82) is 0 Å². The van der Waals surface area contributed by atoms with Crippen molar-refractivity contribution < 1.29 is 9.32 Å². The number of hydrogen-bond donors (Lipinski definition) is 2. The van der Waals surface area contributed by atoms with Gasteiger partial charge in [0.05, 0.1) is 0 Å². The van der Waals surface area contributed by atoms with E-state index in [1.54, 1.807) is 6.92 Å². The average molecular weight is 252 g/mol. The normalized spacial score (nSPS) is 16.7. The van der Waals surface area contributed by atoms with E-state index in [1.807, 2.05) is 0 Å². The second-order valence-electron chi connectivity index (χ2n) is 4.73. The van der Waals surface area contributed by atoms with Crippen LogP contribution in [0.25, 0.3) is 0 Å². The van der Waals surface area contributed by atoms with Gasteiger partial charge in [0.1, 0.15) is 0 Å². The number of carbonyl (C=O) groups is 1. The van der Waals surface area contributed by atoms with Gasteiger partial charge in [-0.05, 0) is 38.8 Å². The third-order valence-electron chi connectivity index (χ3n) is 3.16. The molecule has 1 aromatic rings. The Labute approximate surface area is 107 Å². The number of carbonyl (C=O) groups excluding carboxylic acids is 1. The van der Waals surface area contributed by atoms with Gasteiger partial charge in [0.2, 0.25) is 11.8 Å². The van der Waals surface area contributed by atoms with Crippen LogP contribution in [-0.4, -0.2) is 35.7 Å². The van der Waals surface area contributed by atoms with Gasteiger partial charge in [0.25, 0.3) is 0 Å². The quantitative estimate of drug-likeness (QED) is 0.794. The first-order valence-electron chi connectivity index (χ1n) is 6.50. The van der Waals surface area contributed by atoms with Gasteiger partial charge < -0.3 is 15.2 Å². The van der Waals surface area contributed by atoms with Crippen LogP contribution in [0.1, 0.15) is 31.0 Å². The largest absolute Gasteiger partial charge is 0.356 e. The molecule has 0 bridgehead atoms. The lowest BCUT2D eigenvalue weighted by Gasteiger charge is -2.21. The number of piperidine rings is 1. The third kappa shape index (κ3) is 4.10. The summed E-state index contributed by atoms with van der Waals surface area (Å²) in [5.74, 6) is 1.86. The van der Waals surface area contributed by atoms with E-state index in [9.17, 15) is 4.79 Å². The van der Waals surface area contributed by atoms with Gasteiger partial charge in [-0.15, -0.1) is 0 Å². The van der Waals surface area contributed by atoms with Gasteiger partial charge in [0.15, 0.2) is 5.82 Å². The third-order valence-corrected chi connectivity index (χ3v) is 3.16. The minimum atomic E-state index is 0.123. The van der Waals surface area contributed by atoms with Gasteiger partial charge in [-0.25, -0.2) is 0 Å². The Balaban J connectivity index is 1.62. The molecule has 1 amide bonds. The number of amides is 1. The maximum Gasteiger partial charge on any atom is 0.228 e. The molecule has 0 spiro atoms. The summed E-state index contributed by atoms with van der Waals surface area (Å²) in [5, 5.41) is 9.90. The highest BCUT2D eigenvalue weighted by atomic mass is 16.5. The van der Waals surface area contributed by atoms with Crippen LogP contribution in [-0.2, 0) is 11.2 Å². The van der Waals surface area contributed by atoms with Crippen LogP contribution in [0.4, 0.5) is 0 Å². The molecule has 0 aliphatic carbocycles. The molecule has 0 radical (unpaired) electrons. The molecule has 6 heteroatoms. The first kappa shape index (κ1) is 13.0. The predicted octanol–water partition coefficient (Wildman–Crippen LogP) is 0.426. The molecule has 0 unspecified atom stereocenters. The van der Waals surface area contributed by atoms with Crippen molar-refractivity contribution >= 4 is 5.91 Å². The van der Waals surface area contributed by atoms with Crippen LogP contribution in [0.15, 0.2) is 4.52 Å². The van der Waals surface area contributed by atoms with Crippen molar-refractivity contribution in [1.82, 2.24) is 20.8 Å². The fraction of sp³-hybridized carbons (Fsp3) is 0.750. The summed E-state index contributed by atoms with van der Waals surface area (Å²) in [6.07, 6.45) is 3.41. The summed E-state index contributed by atoms with van der Waals surface area (Å²) in [6, 6.07) is 0. The first-order chi connectivity index (χ1) is 8.74. The molecule has 6 nitrogen and oxygen atoms in total. The Morgan fingerprint density at radius 3 is 2.94 bits per heavy atom. The molecule has 0 atom stereocenters. The zero-order valence-corrected chi connectivity index (χ0v) is 10.7. The first-order valence-corrected chi connectivity index (χ1v) is 6.50. The van der Waals surface area contributed by atoms with E-state index in [2.05, 4.69) is 20.8 Å². The lowest BCUT2D eigenvalue weighted by atomic mass is 9.94. The van der Waals surface area contributed by atoms with Crippen molar-refractivity contribution in [2.75, 3.05) is 19.6 Å². The minimum absolute atomic E-state index is 0.123. The number of aromatic nitrogens is 2. The van der Waals surface area contributed by atoms with Crippen LogP contribution in [0.2, 0.25) is 0 Å². The van der Waals surface area contributed by atoms with Gasteiger partial charge >= 0.3 is 0 Å². The summed E-state index contributed by atoms with van der Waals surface area (Å²) in [6.45, 7) is 4.40. The Morgan fingerprint density at radius 1 is 1.50 bits per heavy atom. The fourth-order valence-corrected chi connectivity index (χ4v) is 2.17. The summed E-state index contributed by atoms with van der Waals surface area (Å²) >= 11 is 0. The van der Waals surface area contributed by atoms with Crippen LogP contribution >= 0.6 is 0 Å². The smallest absolute Gasteiger partial charge is 0.228 e. The standard InChI is InChI=1S/C12H20N4O2/c1-9-15-12(18-16-9)4-7-14-11(17)8-10-2-5-13-6-3-10/h10,13H,2-8H2,1H3,(H,14,17). The minimum Gasteiger partial charge on any atom is -0.356 e. The highest BCUT2D eigenvalue weighted by Gasteiger charge is 2.16. The highest BCUT2D eigenvalue weighted by molar-refractivity contribution is 5.76. The van der Waals surface area contributed by atoms with Gasteiger partial charge in [-0.3, -0.25) is 4.79 Å². The molecule has 100 valence electrons. The molecule has 18 heavy (non-hydrogen) atoms. The van der Waals surface area contributed by atoms with E-state index in [0.717, 1.165) is 25.9 Å². The maximum absolute atomic E-state index is 11.7. The Hall–Kier alpha value is -1.43. The van der Waals surface area contributed by atoms with Crippen molar-refractivity contribution in [2.24, 2.45) is 5.92 Å². The number of hydrogen-bond acceptors (Lipinski definition) is 5. The van der Waals surface area contributed by atoms with E-state index in [4.69, 9.17) is 4.52 Å². The monoisotopic (exact) mass is 252 g/mol. The van der Waals surface area contributed by atoms with E-state index in [0.29, 0.717) is 37.0 Å². The second-order valence-corrected chi connectivity index (χ2v) is 4.73. The van der Waals surface area contributed by atoms with Gasteiger partial charge in [0, 0.05) is 19.4 Å². The fourth-order valence-electron chi connectivity index (χ4n) is 2.17. The molecular weight excluding hydrogens is 232 g/mol. The lowest BCUT2D eigenvalue weighted by molar-refractivity contribution is -0.122. The molecule has 1 aliphatic heterocycles. The summed E-state index contributed by atoms with van der Waals surface area (Å²) in [5.41, 5.74) is 0. The van der Waals surface area contributed by atoms with Crippen molar-refractivity contribution in [3.8, 4) is 0 Å². The van der Waals surface area contributed by atoms with Crippen LogP contribution in [0.3, 0.4) is 0 Å². The topological polar surface area (TPSA) is 80.0 Å². The number of nitrogens with one attached hydrogen (secondary N) is 2. The Bertz CT molecular complexity index is 385. The molecule has 1 aliphatic rings. The molecule has 1 saturated heterocycles. The Kier molecular flexibility index (Phi) is 4.69. The van der Waals surface area contributed by atoms with Gasteiger partial charge in [-0.2, -0.15) is 4.98 Å². The van der Waals surface area contributed by atoms with Crippen LogP contribution in [0.5, 0.6) is 0 Å². The number of aryl methyl sites for hydroxylation is 1. The Morgan fingerprint density at radius 2 is 2.28 bits per heavy atom. The number of nitrogens with zero attached hydrogens (tertiary/aromatic N) is 2. The zero-order valence-electron chi connectivity index (χ0n) is 10.7. The molecule has 1 aromatic heterocycles. The number of rotatable bonds is 5. The summed E-state index contributed by atoms with van der Waals surface area (Å²) < 4.78 is 4.98. The van der Waals surface area contributed by atoms with E-state index in [1.165, 1.54) is 0 Å².